The van der Waals surface area contributed by atoms with E-state index in [1.807, 2.05) is 60.7 Å². The predicted molar refractivity (Wildman–Crippen MR) is 141 cm³/mol. The zero-order chi connectivity index (χ0) is 24.3. The maximum atomic E-state index is 13.0. The molecular weight excluding hydrogens is 514 g/mol. The van der Waals surface area contributed by atoms with E-state index in [0.717, 1.165) is 24.0 Å². The molecule has 3 aromatic carbocycles. The van der Waals surface area contributed by atoms with E-state index in [9.17, 15) is 9.59 Å². The van der Waals surface area contributed by atoms with Gasteiger partial charge in [-0.05, 0) is 63.9 Å². The van der Waals surface area contributed by atoms with Gasteiger partial charge in [0, 0.05) is 5.56 Å². The highest BCUT2D eigenvalue weighted by atomic mass is 79.9. The van der Waals surface area contributed by atoms with Gasteiger partial charge < -0.3 is 4.74 Å². The third-order valence-corrected chi connectivity index (χ3v) is 5.83. The summed E-state index contributed by atoms with van der Waals surface area (Å²) in [7, 11) is 0. The van der Waals surface area contributed by atoms with Crippen molar-refractivity contribution in [1.29, 1.82) is 0 Å². The smallest absolute Gasteiger partial charge is 0.257 e. The molecule has 0 aromatic heterocycles. The van der Waals surface area contributed by atoms with Gasteiger partial charge in [0.15, 0.2) is 5.11 Å². The Labute approximate surface area is 213 Å². The van der Waals surface area contributed by atoms with E-state index in [4.69, 9.17) is 17.0 Å². The third kappa shape index (κ3) is 7.13. The third-order valence-electron chi connectivity index (χ3n) is 5.00. The van der Waals surface area contributed by atoms with Crippen molar-refractivity contribution in [3.8, 4) is 5.75 Å². The van der Waals surface area contributed by atoms with Gasteiger partial charge in [-0.15, -0.1) is 0 Å². The molecule has 0 aliphatic rings. The summed E-state index contributed by atoms with van der Waals surface area (Å²) < 4.78 is 6.37. The molecule has 2 amide bonds. The summed E-state index contributed by atoms with van der Waals surface area (Å²) in [6, 6.07) is 24.0. The van der Waals surface area contributed by atoms with Crippen molar-refractivity contribution in [2.45, 2.75) is 25.7 Å². The number of hydrazine groups is 1. The number of unbranched alkanes of at least 4 members (excludes halogenated alkanes) is 1. The molecule has 0 atom stereocenters. The lowest BCUT2D eigenvalue weighted by Gasteiger charge is -2.19. The van der Waals surface area contributed by atoms with Gasteiger partial charge in [-0.1, -0.05) is 74.0 Å². The Balaban J connectivity index is 1.59. The fourth-order valence-electron chi connectivity index (χ4n) is 3.27. The molecule has 0 spiro atoms. The Hall–Kier alpha value is -3.23. The van der Waals surface area contributed by atoms with Crippen LogP contribution in [0.15, 0.2) is 83.3 Å². The van der Waals surface area contributed by atoms with Crippen LogP contribution >= 0.6 is 28.1 Å². The summed E-state index contributed by atoms with van der Waals surface area (Å²) in [5, 5.41) is 2.56. The van der Waals surface area contributed by atoms with Crippen molar-refractivity contribution in [2.75, 3.05) is 6.61 Å². The number of amides is 2. The topological polar surface area (TPSA) is 79.5 Å². The zero-order valence-corrected chi connectivity index (χ0v) is 21.1. The standard InChI is InChI=1S/C26H26BrN3O3S/c1-2-3-16-33-22-15-14-20(17-21(22)27)24(31)28-26(34)30-29-25(32)23(18-10-6-4-7-11-18)19-12-8-5-9-13-19/h4-15,17,23H,2-3,16H2,1H3,(H,29,32)(H2,28,30,31,34). The maximum absolute atomic E-state index is 13.0. The second-order valence-corrected chi connectivity index (χ2v) is 8.76. The monoisotopic (exact) mass is 539 g/mol. The lowest BCUT2D eigenvalue weighted by molar-refractivity contribution is -0.122. The Bertz CT molecular complexity index is 1090. The minimum absolute atomic E-state index is 0.0161. The van der Waals surface area contributed by atoms with Crippen LogP contribution in [0.25, 0.3) is 0 Å². The molecule has 176 valence electrons. The maximum Gasteiger partial charge on any atom is 0.257 e. The minimum atomic E-state index is -0.537. The van der Waals surface area contributed by atoms with Crippen molar-refractivity contribution in [2.24, 2.45) is 0 Å². The highest BCUT2D eigenvalue weighted by Crippen LogP contribution is 2.26. The first-order chi connectivity index (χ1) is 16.5. The predicted octanol–water partition coefficient (Wildman–Crippen LogP) is 5.10. The molecule has 3 aromatic rings. The van der Waals surface area contributed by atoms with Gasteiger partial charge in [-0.25, -0.2) is 0 Å². The normalized spacial score (nSPS) is 10.4. The summed E-state index contributed by atoms with van der Waals surface area (Å²) in [5.41, 5.74) is 7.32. The number of carbonyl (C=O) groups is 2. The van der Waals surface area contributed by atoms with Gasteiger partial charge in [0.25, 0.3) is 5.91 Å². The van der Waals surface area contributed by atoms with Gasteiger partial charge in [0.05, 0.1) is 17.0 Å². The van der Waals surface area contributed by atoms with Crippen molar-refractivity contribution < 1.29 is 14.3 Å². The minimum Gasteiger partial charge on any atom is -0.492 e. The van der Waals surface area contributed by atoms with Crippen LogP contribution < -0.4 is 20.9 Å². The quantitative estimate of drug-likeness (QED) is 0.211. The van der Waals surface area contributed by atoms with Gasteiger partial charge in [-0.3, -0.25) is 25.8 Å². The molecule has 0 saturated heterocycles. The second-order valence-electron chi connectivity index (χ2n) is 7.50. The van der Waals surface area contributed by atoms with E-state index in [1.54, 1.807) is 18.2 Å². The Morgan fingerprint density at radius 1 is 0.941 bits per heavy atom. The van der Waals surface area contributed by atoms with Gasteiger partial charge in [0.1, 0.15) is 5.75 Å². The van der Waals surface area contributed by atoms with E-state index in [0.29, 0.717) is 22.4 Å². The highest BCUT2D eigenvalue weighted by molar-refractivity contribution is 9.10. The number of hydrogen-bond donors (Lipinski definition) is 3. The van der Waals surface area contributed by atoms with Crippen LogP contribution in [0, 0.1) is 0 Å². The number of halogens is 1. The molecule has 0 saturated carbocycles. The SMILES string of the molecule is CCCCOc1ccc(C(=O)NC(=S)NNC(=O)C(c2ccccc2)c2ccccc2)cc1Br. The van der Waals surface area contributed by atoms with Crippen LogP contribution in [0.4, 0.5) is 0 Å². The summed E-state index contributed by atoms with van der Waals surface area (Å²) in [6.45, 7) is 2.70. The lowest BCUT2D eigenvalue weighted by Crippen LogP contribution is -2.49. The van der Waals surface area contributed by atoms with Crippen LogP contribution in [-0.2, 0) is 4.79 Å². The number of benzene rings is 3. The molecule has 0 aliphatic heterocycles. The molecule has 3 N–H and O–H groups in total. The van der Waals surface area contributed by atoms with Crippen LogP contribution in [0.3, 0.4) is 0 Å². The fraction of sp³-hybridized carbons (Fsp3) is 0.192. The van der Waals surface area contributed by atoms with Crippen LogP contribution in [0.2, 0.25) is 0 Å². The van der Waals surface area contributed by atoms with E-state index in [2.05, 4.69) is 39.0 Å². The molecule has 3 rings (SSSR count). The van der Waals surface area contributed by atoms with Crippen LogP contribution in [-0.4, -0.2) is 23.5 Å². The Morgan fingerprint density at radius 2 is 1.56 bits per heavy atom. The van der Waals surface area contributed by atoms with Crippen molar-refractivity contribution in [3.05, 3.63) is 100 Å². The number of nitrogens with one attached hydrogen (secondary N) is 3. The zero-order valence-electron chi connectivity index (χ0n) is 18.7. The molecule has 6 nitrogen and oxygen atoms in total. The van der Waals surface area contributed by atoms with Crippen molar-refractivity contribution >= 4 is 45.1 Å². The number of carbonyl (C=O) groups excluding carboxylic acids is 2. The molecule has 8 heteroatoms. The molecule has 0 aliphatic carbocycles. The number of hydrogen-bond acceptors (Lipinski definition) is 4. The average molecular weight is 540 g/mol. The number of rotatable bonds is 8. The molecule has 0 heterocycles. The first-order valence-corrected chi connectivity index (χ1v) is 12.1. The van der Waals surface area contributed by atoms with Gasteiger partial charge in [-0.2, -0.15) is 0 Å². The summed E-state index contributed by atoms with van der Waals surface area (Å²) in [6.07, 6.45) is 1.99. The van der Waals surface area contributed by atoms with E-state index < -0.39 is 11.8 Å². The highest BCUT2D eigenvalue weighted by Gasteiger charge is 2.22. The summed E-state index contributed by atoms with van der Waals surface area (Å²) in [4.78, 5) is 25.6. The van der Waals surface area contributed by atoms with E-state index in [1.165, 1.54) is 0 Å². The first kappa shape index (κ1) is 25.4. The van der Waals surface area contributed by atoms with Crippen molar-refractivity contribution in [1.82, 2.24) is 16.2 Å². The Morgan fingerprint density at radius 3 is 2.12 bits per heavy atom. The Kier molecular flexibility index (Phi) is 9.61. The average Bonchev–Trinajstić information content (AvgIpc) is 2.85. The van der Waals surface area contributed by atoms with Crippen molar-refractivity contribution in [3.63, 3.8) is 0 Å². The summed E-state index contributed by atoms with van der Waals surface area (Å²) in [5.74, 6) is -0.573. The lowest BCUT2D eigenvalue weighted by atomic mass is 9.91. The van der Waals surface area contributed by atoms with Gasteiger partial charge in [0.2, 0.25) is 5.91 Å². The number of ether oxygens (including phenoxy) is 1. The van der Waals surface area contributed by atoms with Crippen LogP contribution in [0.5, 0.6) is 5.75 Å². The molecule has 0 bridgehead atoms. The fourth-order valence-corrected chi connectivity index (χ4v) is 3.91. The molecule has 0 unspecified atom stereocenters. The molecule has 0 fully saturated rings. The first-order valence-electron chi connectivity index (χ1n) is 10.9. The largest absolute Gasteiger partial charge is 0.492 e. The van der Waals surface area contributed by atoms with Gasteiger partial charge >= 0.3 is 0 Å². The number of thiocarbonyl (C=S) groups is 1. The molecular formula is C26H26BrN3O3S. The second kappa shape index (κ2) is 12.9. The van der Waals surface area contributed by atoms with E-state index in [-0.39, 0.29) is 11.0 Å². The van der Waals surface area contributed by atoms with Crippen LogP contribution in [0.1, 0.15) is 47.2 Å². The van der Waals surface area contributed by atoms with E-state index >= 15 is 0 Å². The molecule has 0 radical (unpaired) electrons. The summed E-state index contributed by atoms with van der Waals surface area (Å²) >= 11 is 8.64. The molecule has 34 heavy (non-hydrogen) atoms.